The first kappa shape index (κ1) is 25.1. The third-order valence-corrected chi connectivity index (χ3v) is 6.80. The minimum Gasteiger partial charge on any atom is -0.490 e. The molecule has 0 amide bonds. The number of anilines is 3. The van der Waals surface area contributed by atoms with Crippen LogP contribution in [0.1, 0.15) is 36.8 Å². The molecular formula is C28H33ClN6O2. The summed E-state index contributed by atoms with van der Waals surface area (Å²) in [4.78, 5) is 14.2. The predicted molar refractivity (Wildman–Crippen MR) is 150 cm³/mol. The summed E-state index contributed by atoms with van der Waals surface area (Å²) >= 11 is 6.26. The van der Waals surface area contributed by atoms with Gasteiger partial charge in [0, 0.05) is 42.8 Å². The van der Waals surface area contributed by atoms with Crippen LogP contribution in [0.3, 0.4) is 0 Å². The summed E-state index contributed by atoms with van der Waals surface area (Å²) in [6, 6.07) is 15.4. The Balaban J connectivity index is 1.25. The maximum absolute atomic E-state index is 6.26. The molecule has 9 heteroatoms. The smallest absolute Gasteiger partial charge is 0.229 e. The Hall–Kier alpha value is -3.52. The molecule has 0 unspecified atom stereocenters. The molecule has 0 aliphatic carbocycles. The molecule has 2 aliphatic heterocycles. The minimum absolute atomic E-state index is 0.397. The molecule has 2 aliphatic rings. The highest BCUT2D eigenvalue weighted by Gasteiger charge is 2.20. The number of para-hydroxylation sites is 1. The van der Waals surface area contributed by atoms with Crippen LogP contribution in [-0.4, -0.2) is 55.6 Å². The summed E-state index contributed by atoms with van der Waals surface area (Å²) in [7, 11) is 0. The first-order valence-corrected chi connectivity index (χ1v) is 13.3. The maximum Gasteiger partial charge on any atom is 0.229 e. The molecule has 2 saturated heterocycles. The van der Waals surface area contributed by atoms with Gasteiger partial charge in [-0.05, 0) is 62.4 Å². The van der Waals surface area contributed by atoms with Gasteiger partial charge in [0.15, 0.2) is 5.82 Å². The molecule has 2 aromatic carbocycles. The Morgan fingerprint density at radius 2 is 1.59 bits per heavy atom. The third-order valence-electron chi connectivity index (χ3n) is 6.57. The lowest BCUT2D eigenvalue weighted by Gasteiger charge is -2.21. The van der Waals surface area contributed by atoms with Gasteiger partial charge in [0.25, 0.3) is 0 Å². The van der Waals surface area contributed by atoms with E-state index >= 15 is 0 Å². The number of aromatic nitrogens is 2. The highest BCUT2D eigenvalue weighted by molar-refractivity contribution is 6.30. The molecule has 0 radical (unpaired) electrons. The summed E-state index contributed by atoms with van der Waals surface area (Å²) in [6.07, 6.45) is 6.43. The van der Waals surface area contributed by atoms with Crippen molar-refractivity contribution in [3.63, 3.8) is 0 Å². The van der Waals surface area contributed by atoms with Crippen molar-refractivity contribution in [1.29, 1.82) is 0 Å². The lowest BCUT2D eigenvalue weighted by molar-refractivity contribution is 0.216. The van der Waals surface area contributed by atoms with Gasteiger partial charge in [0.05, 0.1) is 6.21 Å². The van der Waals surface area contributed by atoms with Crippen LogP contribution in [0, 0.1) is 6.92 Å². The monoisotopic (exact) mass is 520 g/mol. The Morgan fingerprint density at radius 3 is 2.35 bits per heavy atom. The number of benzene rings is 2. The normalized spacial score (nSPS) is 15.5. The Morgan fingerprint density at radius 1 is 0.892 bits per heavy atom. The lowest BCUT2D eigenvalue weighted by Crippen LogP contribution is -2.24. The van der Waals surface area contributed by atoms with Crippen molar-refractivity contribution in [1.82, 2.24) is 9.97 Å². The molecule has 0 atom stereocenters. The third kappa shape index (κ3) is 6.63. The van der Waals surface area contributed by atoms with Crippen LogP contribution in [0.5, 0.6) is 11.5 Å². The number of aryl methyl sites for hydroxylation is 1. The lowest BCUT2D eigenvalue weighted by atomic mass is 10.2. The summed E-state index contributed by atoms with van der Waals surface area (Å²) in [6.45, 7) is 6.88. The van der Waals surface area contributed by atoms with Crippen molar-refractivity contribution >= 4 is 35.4 Å². The van der Waals surface area contributed by atoms with Gasteiger partial charge >= 0.3 is 0 Å². The van der Waals surface area contributed by atoms with E-state index in [1.807, 2.05) is 49.4 Å². The van der Waals surface area contributed by atoms with Crippen molar-refractivity contribution < 1.29 is 9.47 Å². The van der Waals surface area contributed by atoms with E-state index in [9.17, 15) is 0 Å². The molecule has 0 spiro atoms. The molecule has 8 nitrogen and oxygen atoms in total. The largest absolute Gasteiger partial charge is 0.490 e. The Kier molecular flexibility index (Phi) is 8.25. The maximum atomic E-state index is 6.26. The van der Waals surface area contributed by atoms with Crippen LogP contribution < -0.4 is 24.7 Å². The Bertz CT molecular complexity index is 1190. The molecule has 1 aromatic heterocycles. The molecule has 1 N–H and O–H groups in total. The summed E-state index contributed by atoms with van der Waals surface area (Å²) in [5.41, 5.74) is 4.97. The van der Waals surface area contributed by atoms with Crippen molar-refractivity contribution in [3.8, 4) is 11.5 Å². The van der Waals surface area contributed by atoms with E-state index in [2.05, 4.69) is 20.3 Å². The van der Waals surface area contributed by atoms with Crippen molar-refractivity contribution in [2.45, 2.75) is 32.6 Å². The van der Waals surface area contributed by atoms with Gasteiger partial charge in [-0.15, -0.1) is 0 Å². The minimum atomic E-state index is 0.397. The molecule has 3 heterocycles. The van der Waals surface area contributed by atoms with E-state index < -0.39 is 0 Å². The van der Waals surface area contributed by atoms with Crippen molar-refractivity contribution in [2.75, 3.05) is 54.6 Å². The number of halogens is 1. The molecule has 37 heavy (non-hydrogen) atoms. The fourth-order valence-corrected chi connectivity index (χ4v) is 4.77. The van der Waals surface area contributed by atoms with E-state index in [0.717, 1.165) is 54.8 Å². The van der Waals surface area contributed by atoms with Crippen LogP contribution in [-0.2, 0) is 0 Å². The van der Waals surface area contributed by atoms with E-state index in [1.165, 1.54) is 25.7 Å². The highest BCUT2D eigenvalue weighted by atomic mass is 35.5. The zero-order chi connectivity index (χ0) is 25.5. The number of ether oxygens (including phenoxy) is 2. The molecule has 2 fully saturated rings. The second kappa shape index (κ2) is 12.1. The second-order valence-electron chi connectivity index (χ2n) is 9.31. The first-order valence-electron chi connectivity index (χ1n) is 12.9. The zero-order valence-corrected chi connectivity index (χ0v) is 22.0. The van der Waals surface area contributed by atoms with E-state index in [-0.39, 0.29) is 0 Å². The molecular weight excluding hydrogens is 488 g/mol. The van der Waals surface area contributed by atoms with Gasteiger partial charge in [-0.3, -0.25) is 5.43 Å². The quantitative estimate of drug-likeness (QED) is 0.213. The SMILES string of the molecule is Cc1ccccc1OCCOc1ccc(Cl)cc1C=NNc1cc(N2CCCC2)nc(N2CCCC2)n1. The standard InChI is InChI=1S/C28H33ClN6O2/c1-21-8-2-3-9-24(21)36-16-17-37-25-11-10-23(29)18-22(25)20-30-33-26-19-27(34-12-4-5-13-34)32-28(31-26)35-14-6-7-15-35/h2-3,8-11,18-20H,4-7,12-17H2,1H3,(H,31,32,33). The van der Waals surface area contributed by atoms with E-state index in [4.69, 9.17) is 31.0 Å². The van der Waals surface area contributed by atoms with Gasteiger partial charge in [-0.1, -0.05) is 29.8 Å². The van der Waals surface area contributed by atoms with Crippen LogP contribution in [0.25, 0.3) is 0 Å². The van der Waals surface area contributed by atoms with Crippen LogP contribution in [0.4, 0.5) is 17.6 Å². The average Bonchev–Trinajstić information content (AvgIpc) is 3.64. The zero-order valence-electron chi connectivity index (χ0n) is 21.2. The van der Waals surface area contributed by atoms with Crippen molar-refractivity contribution in [3.05, 3.63) is 64.7 Å². The van der Waals surface area contributed by atoms with Crippen LogP contribution in [0.2, 0.25) is 5.02 Å². The summed E-state index contributed by atoms with van der Waals surface area (Å²) in [5, 5.41) is 5.08. The van der Waals surface area contributed by atoms with Gasteiger partial charge in [-0.2, -0.15) is 15.1 Å². The van der Waals surface area contributed by atoms with Gasteiger partial charge in [0.2, 0.25) is 5.95 Å². The average molecular weight is 521 g/mol. The number of hydrogen-bond acceptors (Lipinski definition) is 8. The predicted octanol–water partition coefficient (Wildman–Crippen LogP) is 5.54. The molecule has 5 rings (SSSR count). The molecule has 194 valence electrons. The summed E-state index contributed by atoms with van der Waals surface area (Å²) < 4.78 is 11.8. The Labute approximate surface area is 223 Å². The summed E-state index contributed by atoms with van der Waals surface area (Å²) in [5.74, 6) is 3.93. The number of hydrazone groups is 1. The topological polar surface area (TPSA) is 75.1 Å². The van der Waals surface area contributed by atoms with Gasteiger partial charge < -0.3 is 19.3 Å². The fraction of sp³-hybridized carbons (Fsp3) is 0.393. The fourth-order valence-electron chi connectivity index (χ4n) is 4.59. The number of hydrogen-bond donors (Lipinski definition) is 1. The molecule has 3 aromatic rings. The number of rotatable bonds is 10. The van der Waals surface area contributed by atoms with Crippen molar-refractivity contribution in [2.24, 2.45) is 5.10 Å². The number of nitrogens with one attached hydrogen (secondary N) is 1. The van der Waals surface area contributed by atoms with Crippen LogP contribution in [0.15, 0.2) is 53.6 Å². The second-order valence-corrected chi connectivity index (χ2v) is 9.75. The first-order chi connectivity index (χ1) is 18.2. The van der Waals surface area contributed by atoms with Gasteiger partial charge in [-0.25, -0.2) is 0 Å². The van der Waals surface area contributed by atoms with E-state index in [1.54, 1.807) is 12.3 Å². The van der Waals surface area contributed by atoms with Gasteiger partial charge in [0.1, 0.15) is 30.5 Å². The van der Waals surface area contributed by atoms with Crippen LogP contribution >= 0.6 is 11.6 Å². The molecule has 0 bridgehead atoms. The highest BCUT2D eigenvalue weighted by Crippen LogP contribution is 2.26. The number of nitrogens with zero attached hydrogens (tertiary/aromatic N) is 5. The van der Waals surface area contributed by atoms with E-state index in [0.29, 0.717) is 29.8 Å². The molecule has 0 saturated carbocycles.